The van der Waals surface area contributed by atoms with Crippen LogP contribution in [-0.4, -0.2) is 44.8 Å². The average molecular weight is 363 g/mol. The minimum atomic E-state index is 0.596. The number of rotatable bonds is 7. The second kappa shape index (κ2) is 8.31. The summed E-state index contributed by atoms with van der Waals surface area (Å²) >= 11 is 0. The molecular weight excluding hydrogens is 338 g/mol. The number of nitrogens with zero attached hydrogens (tertiary/aromatic N) is 4. The van der Waals surface area contributed by atoms with E-state index < -0.39 is 0 Å². The van der Waals surface area contributed by atoms with Crippen LogP contribution in [0.15, 0.2) is 48.8 Å². The first-order valence-corrected chi connectivity index (χ1v) is 9.56. The maximum atomic E-state index is 5.76. The molecule has 1 aromatic carbocycles. The molecule has 27 heavy (non-hydrogen) atoms. The molecule has 1 fully saturated rings. The van der Waals surface area contributed by atoms with Gasteiger partial charge in [-0.25, -0.2) is 4.98 Å². The Balaban J connectivity index is 1.35. The lowest BCUT2D eigenvalue weighted by molar-refractivity contribution is 0.296. The number of hydrogen-bond acceptors (Lipinski definition) is 5. The number of nitrogens with one attached hydrogen (secondary N) is 1. The van der Waals surface area contributed by atoms with E-state index in [0.29, 0.717) is 12.5 Å². The zero-order valence-electron chi connectivity index (χ0n) is 15.6. The number of ether oxygens (including phenoxy) is 1. The molecule has 0 saturated carbocycles. The summed E-state index contributed by atoms with van der Waals surface area (Å²) in [6, 6.07) is 12.2. The Morgan fingerprint density at radius 2 is 2.15 bits per heavy atom. The molecule has 0 bridgehead atoms. The van der Waals surface area contributed by atoms with Crippen LogP contribution >= 0.6 is 0 Å². The molecule has 1 saturated heterocycles. The quantitative estimate of drug-likeness (QED) is 0.697. The number of aromatic amines is 1. The van der Waals surface area contributed by atoms with E-state index in [1.165, 1.54) is 12.0 Å². The topological polar surface area (TPSA) is 66.9 Å². The van der Waals surface area contributed by atoms with Crippen molar-refractivity contribution in [3.8, 4) is 17.1 Å². The van der Waals surface area contributed by atoms with E-state index in [9.17, 15) is 0 Å². The van der Waals surface area contributed by atoms with Crippen LogP contribution in [-0.2, 0) is 13.0 Å². The Morgan fingerprint density at radius 1 is 1.22 bits per heavy atom. The fourth-order valence-corrected chi connectivity index (χ4v) is 3.68. The minimum absolute atomic E-state index is 0.596. The van der Waals surface area contributed by atoms with Gasteiger partial charge in [0, 0.05) is 43.0 Å². The van der Waals surface area contributed by atoms with Crippen LogP contribution in [0.3, 0.4) is 0 Å². The summed E-state index contributed by atoms with van der Waals surface area (Å²) < 4.78 is 5.76. The van der Waals surface area contributed by atoms with Crippen molar-refractivity contribution >= 4 is 0 Å². The summed E-state index contributed by atoms with van der Waals surface area (Å²) in [5.74, 6) is 3.27. The Kier molecular flexibility index (Phi) is 5.44. The molecule has 6 nitrogen and oxygen atoms in total. The average Bonchev–Trinajstić information content (AvgIpc) is 3.34. The molecule has 1 unspecified atom stereocenters. The van der Waals surface area contributed by atoms with Gasteiger partial charge in [-0.05, 0) is 44.0 Å². The standard InChI is InChI=1S/C21H25N5O/c1-2-27-19-8-4-3-6-18(19)15-26-11-9-16(14-26)12-20-23-21(25-24-20)17-7-5-10-22-13-17/h3-8,10,13,16H,2,9,11-12,14-15H2,1H3,(H,23,24,25). The number of benzene rings is 1. The predicted octanol–water partition coefficient (Wildman–Crippen LogP) is 3.33. The molecule has 4 rings (SSSR count). The number of pyridine rings is 1. The lowest BCUT2D eigenvalue weighted by atomic mass is 10.0. The Morgan fingerprint density at radius 3 is 3.00 bits per heavy atom. The van der Waals surface area contributed by atoms with Crippen molar-refractivity contribution in [1.82, 2.24) is 25.1 Å². The van der Waals surface area contributed by atoms with Crippen molar-refractivity contribution in [3.63, 3.8) is 0 Å². The molecule has 0 radical (unpaired) electrons. The molecule has 0 spiro atoms. The Bertz CT molecular complexity index is 864. The third-order valence-electron chi connectivity index (χ3n) is 4.97. The number of para-hydroxylation sites is 1. The SMILES string of the molecule is CCOc1ccccc1CN1CCC(Cc2nc(-c3cccnc3)n[nH]2)C1. The van der Waals surface area contributed by atoms with E-state index in [2.05, 4.69) is 43.3 Å². The van der Waals surface area contributed by atoms with Gasteiger partial charge in [0.25, 0.3) is 0 Å². The molecule has 0 amide bonds. The van der Waals surface area contributed by atoms with Crippen molar-refractivity contribution in [3.05, 3.63) is 60.2 Å². The largest absolute Gasteiger partial charge is 0.494 e. The number of H-pyrrole nitrogens is 1. The number of likely N-dealkylation sites (tertiary alicyclic amines) is 1. The van der Waals surface area contributed by atoms with Crippen molar-refractivity contribution in [2.24, 2.45) is 5.92 Å². The normalized spacial score (nSPS) is 17.3. The van der Waals surface area contributed by atoms with Gasteiger partial charge in [0.05, 0.1) is 6.61 Å². The van der Waals surface area contributed by atoms with Crippen LogP contribution in [0.1, 0.15) is 24.7 Å². The van der Waals surface area contributed by atoms with Crippen molar-refractivity contribution in [2.75, 3.05) is 19.7 Å². The maximum absolute atomic E-state index is 5.76. The van der Waals surface area contributed by atoms with Gasteiger partial charge in [-0.1, -0.05) is 18.2 Å². The van der Waals surface area contributed by atoms with E-state index in [4.69, 9.17) is 4.74 Å². The molecule has 3 aromatic rings. The molecule has 3 heterocycles. The van der Waals surface area contributed by atoms with Gasteiger partial charge in [-0.2, -0.15) is 5.10 Å². The van der Waals surface area contributed by atoms with E-state index in [1.807, 2.05) is 25.1 Å². The summed E-state index contributed by atoms with van der Waals surface area (Å²) in [6.45, 7) is 5.84. The molecule has 2 aromatic heterocycles. The summed E-state index contributed by atoms with van der Waals surface area (Å²) in [5, 5.41) is 7.44. The van der Waals surface area contributed by atoms with Crippen molar-refractivity contribution in [1.29, 1.82) is 0 Å². The highest BCUT2D eigenvalue weighted by atomic mass is 16.5. The van der Waals surface area contributed by atoms with E-state index in [0.717, 1.165) is 49.0 Å². The Hall–Kier alpha value is -2.73. The van der Waals surface area contributed by atoms with Crippen LogP contribution in [0.5, 0.6) is 5.75 Å². The third-order valence-corrected chi connectivity index (χ3v) is 4.97. The fraction of sp³-hybridized carbons (Fsp3) is 0.381. The van der Waals surface area contributed by atoms with Crippen molar-refractivity contribution < 1.29 is 4.74 Å². The lowest BCUT2D eigenvalue weighted by Crippen LogP contribution is -2.21. The molecule has 6 heteroatoms. The summed E-state index contributed by atoms with van der Waals surface area (Å²) in [4.78, 5) is 11.3. The fourth-order valence-electron chi connectivity index (χ4n) is 3.68. The van der Waals surface area contributed by atoms with Crippen LogP contribution in [0.2, 0.25) is 0 Å². The van der Waals surface area contributed by atoms with Gasteiger partial charge in [0.15, 0.2) is 5.82 Å². The zero-order chi connectivity index (χ0) is 18.5. The zero-order valence-corrected chi connectivity index (χ0v) is 15.6. The molecule has 0 aliphatic carbocycles. The van der Waals surface area contributed by atoms with Gasteiger partial charge in [0.2, 0.25) is 0 Å². The molecule has 140 valence electrons. The summed E-state index contributed by atoms with van der Waals surface area (Å²) in [7, 11) is 0. The molecular formula is C21H25N5O. The maximum Gasteiger partial charge on any atom is 0.182 e. The molecule has 1 N–H and O–H groups in total. The highest BCUT2D eigenvalue weighted by molar-refractivity contribution is 5.52. The van der Waals surface area contributed by atoms with Crippen LogP contribution in [0.4, 0.5) is 0 Å². The van der Waals surface area contributed by atoms with Gasteiger partial charge in [-0.15, -0.1) is 0 Å². The third kappa shape index (κ3) is 4.34. The molecule has 1 aliphatic heterocycles. The van der Waals surface area contributed by atoms with Gasteiger partial charge >= 0.3 is 0 Å². The van der Waals surface area contributed by atoms with Gasteiger partial charge in [0.1, 0.15) is 11.6 Å². The Labute approximate surface area is 159 Å². The first kappa shape index (κ1) is 17.7. The highest BCUT2D eigenvalue weighted by Gasteiger charge is 2.24. The van der Waals surface area contributed by atoms with Crippen molar-refractivity contribution in [2.45, 2.75) is 26.3 Å². The number of hydrogen-bond donors (Lipinski definition) is 1. The first-order valence-electron chi connectivity index (χ1n) is 9.56. The van der Waals surface area contributed by atoms with Crippen LogP contribution in [0, 0.1) is 5.92 Å². The number of aromatic nitrogens is 4. The van der Waals surface area contributed by atoms with Gasteiger partial charge in [-0.3, -0.25) is 15.0 Å². The minimum Gasteiger partial charge on any atom is -0.494 e. The second-order valence-electron chi connectivity index (χ2n) is 6.98. The summed E-state index contributed by atoms with van der Waals surface area (Å²) in [5.41, 5.74) is 2.21. The smallest absolute Gasteiger partial charge is 0.182 e. The highest BCUT2D eigenvalue weighted by Crippen LogP contribution is 2.25. The van der Waals surface area contributed by atoms with E-state index >= 15 is 0 Å². The van der Waals surface area contributed by atoms with Crippen LogP contribution in [0.25, 0.3) is 11.4 Å². The monoisotopic (exact) mass is 363 g/mol. The first-order chi connectivity index (χ1) is 13.3. The van der Waals surface area contributed by atoms with Crippen LogP contribution < -0.4 is 4.74 Å². The summed E-state index contributed by atoms with van der Waals surface area (Å²) in [6.07, 6.45) is 5.66. The molecule has 1 atom stereocenters. The predicted molar refractivity (Wildman–Crippen MR) is 104 cm³/mol. The van der Waals surface area contributed by atoms with E-state index in [1.54, 1.807) is 12.4 Å². The lowest BCUT2D eigenvalue weighted by Gasteiger charge is -2.18. The second-order valence-corrected chi connectivity index (χ2v) is 6.98. The van der Waals surface area contributed by atoms with E-state index in [-0.39, 0.29) is 0 Å². The van der Waals surface area contributed by atoms with Gasteiger partial charge < -0.3 is 4.74 Å². The molecule has 1 aliphatic rings.